The van der Waals surface area contributed by atoms with E-state index < -0.39 is 12.0 Å². The minimum Gasteiger partial charge on any atom is -0.480 e. The Morgan fingerprint density at radius 1 is 1.19 bits per heavy atom. The van der Waals surface area contributed by atoms with Gasteiger partial charge >= 0.3 is 5.97 Å². The van der Waals surface area contributed by atoms with E-state index in [1.54, 1.807) is 6.07 Å². The van der Waals surface area contributed by atoms with Crippen LogP contribution in [-0.4, -0.2) is 11.1 Å². The first-order valence-corrected chi connectivity index (χ1v) is 5.08. The Hall–Kier alpha value is -1.87. The third-order valence-electron chi connectivity index (χ3n) is 2.78. The number of hydrogen-bond acceptors (Lipinski definition) is 2. The van der Waals surface area contributed by atoms with Gasteiger partial charge in [-0.15, -0.1) is 0 Å². The molecule has 0 aliphatic carbocycles. The highest BCUT2D eigenvalue weighted by atomic mass is 16.4. The van der Waals surface area contributed by atoms with Crippen molar-refractivity contribution >= 4 is 16.7 Å². The van der Waals surface area contributed by atoms with Crippen molar-refractivity contribution in [2.75, 3.05) is 0 Å². The SMILES string of the molecule is Cc1ccc([C@H](N)C(=O)O)c2ccccc12. The molecule has 0 aliphatic heterocycles. The fourth-order valence-electron chi connectivity index (χ4n) is 1.88. The summed E-state index contributed by atoms with van der Waals surface area (Å²) in [5.74, 6) is -1.01. The molecule has 0 aromatic heterocycles. The van der Waals surface area contributed by atoms with E-state index in [-0.39, 0.29) is 0 Å². The van der Waals surface area contributed by atoms with Crippen LogP contribution >= 0.6 is 0 Å². The lowest BCUT2D eigenvalue weighted by Crippen LogP contribution is -2.20. The van der Waals surface area contributed by atoms with Crippen LogP contribution in [0.25, 0.3) is 10.8 Å². The number of nitrogens with two attached hydrogens (primary N) is 1. The monoisotopic (exact) mass is 215 g/mol. The fourth-order valence-corrected chi connectivity index (χ4v) is 1.88. The number of carbonyl (C=O) groups is 1. The molecule has 0 radical (unpaired) electrons. The summed E-state index contributed by atoms with van der Waals surface area (Å²) in [5, 5.41) is 10.9. The summed E-state index contributed by atoms with van der Waals surface area (Å²) in [6.07, 6.45) is 0. The highest BCUT2D eigenvalue weighted by molar-refractivity contribution is 5.92. The van der Waals surface area contributed by atoms with Gasteiger partial charge in [-0.05, 0) is 28.8 Å². The van der Waals surface area contributed by atoms with Gasteiger partial charge in [0.05, 0.1) is 0 Å². The van der Waals surface area contributed by atoms with Gasteiger partial charge in [0.15, 0.2) is 0 Å². The molecule has 3 heteroatoms. The minimum absolute atomic E-state index is 0.661. The van der Waals surface area contributed by atoms with Gasteiger partial charge in [-0.25, -0.2) is 0 Å². The second-order valence-corrected chi connectivity index (χ2v) is 3.83. The van der Waals surface area contributed by atoms with Gasteiger partial charge in [0.25, 0.3) is 0 Å². The number of hydrogen-bond donors (Lipinski definition) is 2. The van der Waals surface area contributed by atoms with E-state index >= 15 is 0 Å². The van der Waals surface area contributed by atoms with Crippen molar-refractivity contribution in [1.29, 1.82) is 0 Å². The van der Waals surface area contributed by atoms with E-state index in [9.17, 15) is 4.79 Å². The lowest BCUT2D eigenvalue weighted by atomic mass is 9.96. The molecule has 1 atom stereocenters. The molecule has 0 saturated heterocycles. The Kier molecular flexibility index (Phi) is 2.62. The molecule has 2 rings (SSSR count). The van der Waals surface area contributed by atoms with Crippen molar-refractivity contribution in [2.24, 2.45) is 5.73 Å². The Morgan fingerprint density at radius 3 is 2.44 bits per heavy atom. The first-order valence-electron chi connectivity index (χ1n) is 5.08. The lowest BCUT2D eigenvalue weighted by Gasteiger charge is -2.12. The topological polar surface area (TPSA) is 63.3 Å². The van der Waals surface area contributed by atoms with Crippen LogP contribution in [0.2, 0.25) is 0 Å². The standard InChI is InChI=1S/C13H13NO2/c1-8-6-7-11(12(14)13(15)16)10-5-3-2-4-9(8)10/h2-7,12H,14H2,1H3,(H,15,16)/t12-/m0/s1. The van der Waals surface area contributed by atoms with Crippen LogP contribution in [0.5, 0.6) is 0 Å². The van der Waals surface area contributed by atoms with Crippen molar-refractivity contribution < 1.29 is 9.90 Å². The van der Waals surface area contributed by atoms with Crippen molar-refractivity contribution in [1.82, 2.24) is 0 Å². The zero-order chi connectivity index (χ0) is 11.7. The van der Waals surface area contributed by atoms with Crippen molar-refractivity contribution in [3.05, 3.63) is 47.5 Å². The number of aliphatic carboxylic acids is 1. The van der Waals surface area contributed by atoms with Gasteiger partial charge in [0.1, 0.15) is 6.04 Å². The number of benzene rings is 2. The second kappa shape index (κ2) is 3.94. The van der Waals surface area contributed by atoms with Crippen LogP contribution in [0, 0.1) is 6.92 Å². The predicted octanol–water partition coefficient (Wildman–Crippen LogP) is 2.23. The van der Waals surface area contributed by atoms with E-state index in [1.807, 2.05) is 37.3 Å². The summed E-state index contributed by atoms with van der Waals surface area (Å²) < 4.78 is 0. The van der Waals surface area contributed by atoms with Crippen LogP contribution in [0.3, 0.4) is 0 Å². The molecule has 0 fully saturated rings. The number of carboxylic acids is 1. The zero-order valence-electron chi connectivity index (χ0n) is 8.97. The molecule has 0 amide bonds. The minimum atomic E-state index is -1.01. The molecule has 0 spiro atoms. The van der Waals surface area contributed by atoms with E-state index in [1.165, 1.54) is 0 Å². The van der Waals surface area contributed by atoms with Crippen LogP contribution < -0.4 is 5.73 Å². The Balaban J connectivity index is 2.72. The summed E-state index contributed by atoms with van der Waals surface area (Å²) in [6, 6.07) is 10.4. The summed E-state index contributed by atoms with van der Waals surface area (Å²) in [5.41, 5.74) is 7.44. The van der Waals surface area contributed by atoms with Crippen molar-refractivity contribution in [3.8, 4) is 0 Å². The fraction of sp³-hybridized carbons (Fsp3) is 0.154. The molecular formula is C13H13NO2. The van der Waals surface area contributed by atoms with Crippen molar-refractivity contribution in [3.63, 3.8) is 0 Å². The van der Waals surface area contributed by atoms with Crippen LogP contribution in [0.1, 0.15) is 17.2 Å². The number of carboxylic acid groups (broad SMARTS) is 1. The molecule has 16 heavy (non-hydrogen) atoms. The summed E-state index contributed by atoms with van der Waals surface area (Å²) >= 11 is 0. The highest BCUT2D eigenvalue weighted by Gasteiger charge is 2.16. The third-order valence-corrected chi connectivity index (χ3v) is 2.78. The number of aryl methyl sites for hydroxylation is 1. The Morgan fingerprint density at radius 2 is 1.81 bits per heavy atom. The zero-order valence-corrected chi connectivity index (χ0v) is 8.97. The van der Waals surface area contributed by atoms with Gasteiger partial charge < -0.3 is 10.8 Å². The van der Waals surface area contributed by atoms with Gasteiger partial charge in [-0.3, -0.25) is 4.79 Å². The van der Waals surface area contributed by atoms with E-state index in [4.69, 9.17) is 10.8 Å². The first-order chi connectivity index (χ1) is 7.61. The van der Waals surface area contributed by atoms with Crippen LogP contribution in [0.15, 0.2) is 36.4 Å². The maximum atomic E-state index is 10.9. The van der Waals surface area contributed by atoms with E-state index in [0.717, 1.165) is 16.3 Å². The summed E-state index contributed by atoms with van der Waals surface area (Å²) in [6.45, 7) is 2.00. The summed E-state index contributed by atoms with van der Waals surface area (Å²) in [4.78, 5) is 10.9. The molecule has 2 aromatic rings. The second-order valence-electron chi connectivity index (χ2n) is 3.83. The molecule has 82 valence electrons. The van der Waals surface area contributed by atoms with Crippen LogP contribution in [-0.2, 0) is 4.79 Å². The quantitative estimate of drug-likeness (QED) is 0.807. The number of fused-ring (bicyclic) bond motifs is 1. The smallest absolute Gasteiger partial charge is 0.325 e. The average Bonchev–Trinajstić information content (AvgIpc) is 2.29. The van der Waals surface area contributed by atoms with Gasteiger partial charge in [-0.1, -0.05) is 36.4 Å². The average molecular weight is 215 g/mol. The first kappa shape index (κ1) is 10.6. The molecule has 0 bridgehead atoms. The molecule has 0 aliphatic rings. The molecule has 3 nitrogen and oxygen atoms in total. The molecular weight excluding hydrogens is 202 g/mol. The summed E-state index contributed by atoms with van der Waals surface area (Å²) in [7, 11) is 0. The molecule has 3 N–H and O–H groups in total. The molecule has 0 heterocycles. The van der Waals surface area contributed by atoms with E-state index in [0.29, 0.717) is 5.56 Å². The Labute approximate surface area is 93.5 Å². The largest absolute Gasteiger partial charge is 0.480 e. The van der Waals surface area contributed by atoms with Gasteiger partial charge in [-0.2, -0.15) is 0 Å². The molecule has 2 aromatic carbocycles. The van der Waals surface area contributed by atoms with Gasteiger partial charge in [0.2, 0.25) is 0 Å². The molecule has 0 unspecified atom stereocenters. The van der Waals surface area contributed by atoms with Gasteiger partial charge in [0, 0.05) is 0 Å². The third kappa shape index (κ3) is 1.66. The maximum absolute atomic E-state index is 10.9. The predicted molar refractivity (Wildman–Crippen MR) is 63.2 cm³/mol. The Bertz CT molecular complexity index is 549. The highest BCUT2D eigenvalue weighted by Crippen LogP contribution is 2.25. The lowest BCUT2D eigenvalue weighted by molar-refractivity contribution is -0.138. The normalized spacial score (nSPS) is 12.6. The molecule has 0 saturated carbocycles. The maximum Gasteiger partial charge on any atom is 0.325 e. The van der Waals surface area contributed by atoms with Crippen LogP contribution in [0.4, 0.5) is 0 Å². The van der Waals surface area contributed by atoms with E-state index in [2.05, 4.69) is 0 Å². The van der Waals surface area contributed by atoms with Crippen molar-refractivity contribution in [2.45, 2.75) is 13.0 Å². The number of rotatable bonds is 2.